The Morgan fingerprint density at radius 3 is 2.83 bits per heavy atom. The summed E-state index contributed by atoms with van der Waals surface area (Å²) in [4.78, 5) is 11.7. The summed E-state index contributed by atoms with van der Waals surface area (Å²) in [5, 5.41) is 9.28. The van der Waals surface area contributed by atoms with Crippen LogP contribution in [-0.4, -0.2) is 28.0 Å². The van der Waals surface area contributed by atoms with Crippen molar-refractivity contribution in [1.82, 2.24) is 15.1 Å². The van der Waals surface area contributed by atoms with Crippen LogP contribution in [0.5, 0.6) is 0 Å². The molecule has 7 heteroatoms. The van der Waals surface area contributed by atoms with Crippen LogP contribution in [-0.2, 0) is 11.3 Å². The zero-order chi connectivity index (χ0) is 17.5. The average Bonchev–Trinajstić information content (AvgIpc) is 2.97. The number of ether oxygens (including phenoxy) is 1. The van der Waals surface area contributed by atoms with E-state index in [1.54, 1.807) is 11.3 Å². The molecule has 0 atom stereocenters. The van der Waals surface area contributed by atoms with Crippen LogP contribution < -0.4 is 5.32 Å². The van der Waals surface area contributed by atoms with Gasteiger partial charge >= 0.3 is 6.09 Å². The van der Waals surface area contributed by atoms with E-state index in [0.717, 1.165) is 31.0 Å². The van der Waals surface area contributed by atoms with E-state index >= 15 is 0 Å². The maximum absolute atomic E-state index is 11.7. The lowest BCUT2D eigenvalue weighted by Gasteiger charge is -2.19. The molecule has 1 aromatic carbocycles. The third-order valence-corrected chi connectivity index (χ3v) is 5.33. The van der Waals surface area contributed by atoms with Crippen molar-refractivity contribution in [2.75, 3.05) is 6.54 Å². The molecule has 0 bridgehead atoms. The Bertz CT molecular complexity index is 908. The predicted octanol–water partition coefficient (Wildman–Crippen LogP) is 4.74. The molecule has 2 aromatic heterocycles. The monoisotopic (exact) mass is 365 g/mol. The number of hydrogen-bond donors (Lipinski definition) is 1. The molecule has 2 heterocycles. The summed E-state index contributed by atoms with van der Waals surface area (Å²) in [5.74, 6) is 0. The standard InChI is InChI=1S/C17H20ClN3O2S/c1-10-14-13(11-6-5-7-12(18)15(11)24-14)20-21(10)9-8-19-16(22)23-17(2,3)4/h5-7H,8-9H2,1-4H3,(H,19,22). The highest BCUT2D eigenvalue weighted by atomic mass is 35.5. The third kappa shape index (κ3) is 3.35. The van der Waals surface area contributed by atoms with Gasteiger partial charge in [0.1, 0.15) is 11.1 Å². The second-order valence-electron chi connectivity index (χ2n) is 6.63. The van der Waals surface area contributed by atoms with Gasteiger partial charge in [-0.15, -0.1) is 11.3 Å². The highest BCUT2D eigenvalue weighted by Gasteiger charge is 2.17. The van der Waals surface area contributed by atoms with Crippen LogP contribution in [0.4, 0.5) is 4.79 Å². The molecular weight excluding hydrogens is 346 g/mol. The highest BCUT2D eigenvalue weighted by Crippen LogP contribution is 2.38. The largest absolute Gasteiger partial charge is 0.444 e. The van der Waals surface area contributed by atoms with Gasteiger partial charge in [0.25, 0.3) is 0 Å². The van der Waals surface area contributed by atoms with E-state index in [-0.39, 0.29) is 0 Å². The number of nitrogens with one attached hydrogen (secondary N) is 1. The molecule has 1 N–H and O–H groups in total. The molecular formula is C17H20ClN3O2S. The lowest BCUT2D eigenvalue weighted by molar-refractivity contribution is 0.0525. The fraction of sp³-hybridized carbons (Fsp3) is 0.412. The highest BCUT2D eigenvalue weighted by molar-refractivity contribution is 7.26. The number of fused-ring (bicyclic) bond motifs is 3. The summed E-state index contributed by atoms with van der Waals surface area (Å²) in [6.07, 6.45) is -0.411. The van der Waals surface area contributed by atoms with Crippen molar-refractivity contribution in [2.45, 2.75) is 39.8 Å². The van der Waals surface area contributed by atoms with E-state index in [4.69, 9.17) is 16.3 Å². The molecule has 0 fully saturated rings. The Kier molecular flexibility index (Phi) is 4.44. The molecule has 128 valence electrons. The topological polar surface area (TPSA) is 56.2 Å². The lowest BCUT2D eigenvalue weighted by atomic mass is 10.2. The average molecular weight is 366 g/mol. The minimum atomic E-state index is -0.494. The van der Waals surface area contributed by atoms with Crippen LogP contribution in [0, 0.1) is 6.92 Å². The Labute approximate surface area is 149 Å². The van der Waals surface area contributed by atoms with E-state index in [1.807, 2.05) is 50.6 Å². The Balaban J connectivity index is 1.75. The number of thiophene rings is 1. The van der Waals surface area contributed by atoms with E-state index in [1.165, 1.54) is 0 Å². The van der Waals surface area contributed by atoms with Crippen LogP contribution in [0.1, 0.15) is 26.5 Å². The lowest BCUT2D eigenvalue weighted by Crippen LogP contribution is -2.34. The molecule has 5 nitrogen and oxygen atoms in total. The van der Waals surface area contributed by atoms with Gasteiger partial charge in [-0.3, -0.25) is 4.68 Å². The van der Waals surface area contributed by atoms with Crippen molar-refractivity contribution < 1.29 is 9.53 Å². The predicted molar refractivity (Wildman–Crippen MR) is 99.1 cm³/mol. The van der Waals surface area contributed by atoms with Gasteiger partial charge in [0.2, 0.25) is 0 Å². The Morgan fingerprint density at radius 2 is 2.12 bits per heavy atom. The molecule has 0 saturated carbocycles. The zero-order valence-corrected chi connectivity index (χ0v) is 15.7. The SMILES string of the molecule is Cc1c2sc3c(Cl)cccc3c2nn1CCNC(=O)OC(C)(C)C. The Hall–Kier alpha value is -1.79. The van der Waals surface area contributed by atoms with Crippen LogP contribution in [0.15, 0.2) is 18.2 Å². The van der Waals surface area contributed by atoms with Crippen molar-refractivity contribution in [3.05, 3.63) is 28.9 Å². The number of nitrogens with zero attached hydrogens (tertiary/aromatic N) is 2. The second-order valence-corrected chi connectivity index (χ2v) is 8.06. The minimum Gasteiger partial charge on any atom is -0.444 e. The molecule has 0 saturated heterocycles. The van der Waals surface area contributed by atoms with Gasteiger partial charge in [-0.05, 0) is 33.8 Å². The first kappa shape index (κ1) is 17.0. The minimum absolute atomic E-state index is 0.411. The number of halogens is 1. The second kappa shape index (κ2) is 6.26. The van der Waals surface area contributed by atoms with E-state index in [2.05, 4.69) is 10.4 Å². The molecule has 3 rings (SSSR count). The van der Waals surface area contributed by atoms with E-state index < -0.39 is 11.7 Å². The maximum Gasteiger partial charge on any atom is 0.407 e. The van der Waals surface area contributed by atoms with Gasteiger partial charge in [-0.2, -0.15) is 5.10 Å². The van der Waals surface area contributed by atoms with Crippen molar-refractivity contribution >= 4 is 49.3 Å². The summed E-state index contributed by atoms with van der Waals surface area (Å²) in [5.41, 5.74) is 1.55. The fourth-order valence-electron chi connectivity index (χ4n) is 2.52. The van der Waals surface area contributed by atoms with Gasteiger partial charge < -0.3 is 10.1 Å². The van der Waals surface area contributed by atoms with Gasteiger partial charge in [0, 0.05) is 11.9 Å². The van der Waals surface area contributed by atoms with Gasteiger partial charge in [0.05, 0.1) is 26.7 Å². The number of amides is 1. The van der Waals surface area contributed by atoms with Crippen LogP contribution in [0.25, 0.3) is 20.3 Å². The molecule has 1 amide bonds. The molecule has 0 radical (unpaired) electrons. The molecule has 0 aliphatic rings. The molecule has 3 aromatic rings. The summed E-state index contributed by atoms with van der Waals surface area (Å²) in [6, 6.07) is 5.87. The number of carbonyl (C=O) groups excluding carboxylic acids is 1. The van der Waals surface area contributed by atoms with Crippen molar-refractivity contribution in [1.29, 1.82) is 0 Å². The van der Waals surface area contributed by atoms with Gasteiger partial charge in [0.15, 0.2) is 0 Å². The summed E-state index contributed by atoms with van der Waals surface area (Å²) < 4.78 is 9.35. The normalized spacial score (nSPS) is 12.0. The number of aryl methyl sites for hydroxylation is 1. The van der Waals surface area contributed by atoms with E-state index in [9.17, 15) is 4.79 Å². The molecule has 0 aliphatic carbocycles. The summed E-state index contributed by atoms with van der Waals surface area (Å²) in [6.45, 7) is 8.61. The van der Waals surface area contributed by atoms with Crippen LogP contribution in [0.2, 0.25) is 5.02 Å². The molecule has 24 heavy (non-hydrogen) atoms. The van der Waals surface area contributed by atoms with Gasteiger partial charge in [-0.1, -0.05) is 23.7 Å². The Morgan fingerprint density at radius 1 is 1.38 bits per heavy atom. The van der Waals surface area contributed by atoms with Crippen molar-refractivity contribution in [3.8, 4) is 0 Å². The summed E-state index contributed by atoms with van der Waals surface area (Å²) >= 11 is 7.92. The molecule has 0 unspecified atom stereocenters. The number of hydrogen-bond acceptors (Lipinski definition) is 4. The number of carbonyl (C=O) groups is 1. The molecule has 0 aliphatic heterocycles. The quantitative estimate of drug-likeness (QED) is 0.729. The smallest absolute Gasteiger partial charge is 0.407 e. The number of rotatable bonds is 3. The zero-order valence-electron chi connectivity index (χ0n) is 14.1. The number of benzene rings is 1. The van der Waals surface area contributed by atoms with Crippen molar-refractivity contribution in [3.63, 3.8) is 0 Å². The van der Waals surface area contributed by atoms with Crippen LogP contribution in [0.3, 0.4) is 0 Å². The van der Waals surface area contributed by atoms with Crippen LogP contribution >= 0.6 is 22.9 Å². The number of alkyl carbamates (subject to hydrolysis) is 1. The summed E-state index contributed by atoms with van der Waals surface area (Å²) in [7, 11) is 0. The first-order valence-electron chi connectivity index (χ1n) is 7.77. The third-order valence-electron chi connectivity index (χ3n) is 3.57. The first-order chi connectivity index (χ1) is 11.3. The van der Waals surface area contributed by atoms with Gasteiger partial charge in [-0.25, -0.2) is 4.79 Å². The maximum atomic E-state index is 11.7. The number of aromatic nitrogens is 2. The van der Waals surface area contributed by atoms with Crippen molar-refractivity contribution in [2.24, 2.45) is 0 Å². The molecule has 0 spiro atoms. The van der Waals surface area contributed by atoms with E-state index in [0.29, 0.717) is 13.1 Å². The first-order valence-corrected chi connectivity index (χ1v) is 8.97. The fourth-order valence-corrected chi connectivity index (χ4v) is 3.96.